The van der Waals surface area contributed by atoms with Crippen molar-refractivity contribution in [1.29, 1.82) is 0 Å². The lowest BCUT2D eigenvalue weighted by Crippen LogP contribution is -2.13. The molecule has 3 nitrogen and oxygen atoms in total. The fourth-order valence-electron chi connectivity index (χ4n) is 1.77. The van der Waals surface area contributed by atoms with Gasteiger partial charge in [0.15, 0.2) is 0 Å². The molecule has 0 spiro atoms. The van der Waals surface area contributed by atoms with E-state index in [1.54, 1.807) is 0 Å². The summed E-state index contributed by atoms with van der Waals surface area (Å²) in [4.78, 5) is 14.7. The number of alkyl halides is 3. The molecule has 0 bridgehead atoms. The van der Waals surface area contributed by atoms with Gasteiger partial charge in [0.05, 0.1) is 5.56 Å². The Labute approximate surface area is 117 Å². The van der Waals surface area contributed by atoms with Crippen molar-refractivity contribution in [2.75, 3.05) is 0 Å². The maximum absolute atomic E-state index is 13.0. The number of benzene rings is 1. The maximum atomic E-state index is 13.0. The van der Waals surface area contributed by atoms with Crippen molar-refractivity contribution in [2.24, 2.45) is 5.73 Å². The number of halogens is 4. The van der Waals surface area contributed by atoms with Crippen molar-refractivity contribution in [3.63, 3.8) is 0 Å². The number of nitrogens with zero attached hydrogens (tertiary/aromatic N) is 1. The van der Waals surface area contributed by atoms with E-state index in [1.165, 1.54) is 30.5 Å². The Morgan fingerprint density at radius 3 is 2.55 bits per heavy atom. The fraction of sp³-hybridized carbons (Fsp3) is 0.0769. The Hall–Kier alpha value is -2.08. The van der Waals surface area contributed by atoms with Crippen LogP contribution in [0.15, 0.2) is 36.5 Å². The zero-order chi connectivity index (χ0) is 14.9. The van der Waals surface area contributed by atoms with Gasteiger partial charge in [-0.1, -0.05) is 17.7 Å². The van der Waals surface area contributed by atoms with Crippen LogP contribution in [0, 0.1) is 0 Å². The third kappa shape index (κ3) is 2.75. The van der Waals surface area contributed by atoms with Crippen LogP contribution in [0.4, 0.5) is 13.2 Å². The highest BCUT2D eigenvalue weighted by molar-refractivity contribution is 6.33. The number of carbonyl (C=O) groups excluding carboxylic acids is 1. The number of hydrogen-bond donors (Lipinski definition) is 1. The summed E-state index contributed by atoms with van der Waals surface area (Å²) in [5.41, 5.74) is 3.98. The van der Waals surface area contributed by atoms with Crippen LogP contribution >= 0.6 is 11.6 Å². The average molecular weight is 301 g/mol. The molecule has 2 rings (SSSR count). The molecular weight excluding hydrogens is 293 g/mol. The lowest BCUT2D eigenvalue weighted by molar-refractivity contribution is -0.137. The minimum Gasteiger partial charge on any atom is -0.364 e. The predicted molar refractivity (Wildman–Crippen MR) is 68.2 cm³/mol. The molecule has 0 aliphatic heterocycles. The van der Waals surface area contributed by atoms with Gasteiger partial charge in [-0.25, -0.2) is 0 Å². The van der Waals surface area contributed by atoms with E-state index in [4.69, 9.17) is 17.3 Å². The molecule has 1 aromatic carbocycles. The van der Waals surface area contributed by atoms with Crippen molar-refractivity contribution >= 4 is 17.5 Å². The van der Waals surface area contributed by atoms with Crippen LogP contribution in [0.1, 0.15) is 16.1 Å². The van der Waals surface area contributed by atoms with Crippen LogP contribution in [-0.2, 0) is 6.18 Å². The van der Waals surface area contributed by atoms with Crippen LogP contribution in [-0.4, -0.2) is 10.9 Å². The number of nitrogens with two attached hydrogens (primary N) is 1. The first-order chi connectivity index (χ1) is 9.30. The van der Waals surface area contributed by atoms with Crippen molar-refractivity contribution in [3.05, 3.63) is 52.8 Å². The first kappa shape index (κ1) is 14.3. The molecule has 0 saturated heterocycles. The van der Waals surface area contributed by atoms with E-state index >= 15 is 0 Å². The number of carbonyl (C=O) groups is 1. The van der Waals surface area contributed by atoms with Crippen LogP contribution in [0.3, 0.4) is 0 Å². The van der Waals surface area contributed by atoms with Gasteiger partial charge in [0.1, 0.15) is 5.69 Å². The van der Waals surface area contributed by atoms with Crippen LogP contribution in [0.2, 0.25) is 5.02 Å². The third-order valence-electron chi connectivity index (χ3n) is 2.62. The SMILES string of the molecule is NC(=O)c1cc(-c2c(Cl)cccc2C(F)(F)F)ccn1. The summed E-state index contributed by atoms with van der Waals surface area (Å²) in [5, 5.41) is -0.0681. The number of hydrogen-bond acceptors (Lipinski definition) is 2. The van der Waals surface area contributed by atoms with E-state index in [1.807, 2.05) is 0 Å². The fourth-order valence-corrected chi connectivity index (χ4v) is 2.06. The second-order valence-corrected chi connectivity index (χ2v) is 4.36. The van der Waals surface area contributed by atoms with E-state index in [9.17, 15) is 18.0 Å². The molecule has 0 unspecified atom stereocenters. The monoisotopic (exact) mass is 300 g/mol. The summed E-state index contributed by atoms with van der Waals surface area (Å²) in [6.45, 7) is 0. The summed E-state index contributed by atoms with van der Waals surface area (Å²) in [5.74, 6) is -0.826. The summed E-state index contributed by atoms with van der Waals surface area (Å²) in [6.07, 6.45) is -3.35. The zero-order valence-electron chi connectivity index (χ0n) is 9.91. The van der Waals surface area contributed by atoms with E-state index in [-0.39, 0.29) is 21.8 Å². The second kappa shape index (κ2) is 5.13. The van der Waals surface area contributed by atoms with Crippen molar-refractivity contribution < 1.29 is 18.0 Å². The predicted octanol–water partition coefficient (Wildman–Crippen LogP) is 3.52. The first-order valence-corrected chi connectivity index (χ1v) is 5.80. The molecule has 0 fully saturated rings. The molecule has 1 heterocycles. The van der Waals surface area contributed by atoms with Gasteiger partial charge in [-0.2, -0.15) is 13.2 Å². The molecule has 7 heteroatoms. The normalized spacial score (nSPS) is 11.4. The average Bonchev–Trinajstić information content (AvgIpc) is 2.37. The van der Waals surface area contributed by atoms with Gasteiger partial charge in [0.2, 0.25) is 0 Å². The minimum absolute atomic E-state index is 0.0681. The highest BCUT2D eigenvalue weighted by Gasteiger charge is 2.34. The van der Waals surface area contributed by atoms with Crippen molar-refractivity contribution in [1.82, 2.24) is 4.98 Å². The summed E-state index contributed by atoms with van der Waals surface area (Å²) >= 11 is 5.87. The lowest BCUT2D eigenvalue weighted by Gasteiger charge is -2.14. The number of amides is 1. The number of rotatable bonds is 2. The van der Waals surface area contributed by atoms with Crippen molar-refractivity contribution in [3.8, 4) is 11.1 Å². The summed E-state index contributed by atoms with van der Waals surface area (Å²) in [6, 6.07) is 5.99. The second-order valence-electron chi connectivity index (χ2n) is 3.95. The Kier molecular flexibility index (Phi) is 3.67. The minimum atomic E-state index is -4.56. The van der Waals surface area contributed by atoms with Crippen LogP contribution in [0.25, 0.3) is 11.1 Å². The van der Waals surface area contributed by atoms with Crippen LogP contribution < -0.4 is 5.73 Å². The number of aromatic nitrogens is 1. The Morgan fingerprint density at radius 1 is 1.25 bits per heavy atom. The highest BCUT2D eigenvalue weighted by atomic mass is 35.5. The highest BCUT2D eigenvalue weighted by Crippen LogP contribution is 2.40. The van der Waals surface area contributed by atoms with Gasteiger partial charge in [-0.15, -0.1) is 0 Å². The van der Waals surface area contributed by atoms with Gasteiger partial charge in [0, 0.05) is 16.8 Å². The zero-order valence-corrected chi connectivity index (χ0v) is 10.7. The molecule has 0 saturated carbocycles. The van der Waals surface area contributed by atoms with Gasteiger partial charge in [-0.05, 0) is 29.8 Å². The van der Waals surface area contributed by atoms with E-state index in [2.05, 4.69) is 4.98 Å². The standard InChI is InChI=1S/C13H8ClF3N2O/c14-9-3-1-2-8(13(15,16)17)11(9)7-4-5-19-10(6-7)12(18)20/h1-6H,(H2,18,20). The topological polar surface area (TPSA) is 56.0 Å². The van der Waals surface area contributed by atoms with Crippen LogP contribution in [0.5, 0.6) is 0 Å². The third-order valence-corrected chi connectivity index (χ3v) is 2.94. The molecular formula is C13H8ClF3N2O. The maximum Gasteiger partial charge on any atom is 0.417 e. The molecule has 20 heavy (non-hydrogen) atoms. The molecule has 1 amide bonds. The smallest absolute Gasteiger partial charge is 0.364 e. The molecule has 1 aromatic heterocycles. The van der Waals surface area contributed by atoms with E-state index < -0.39 is 17.6 Å². The quantitative estimate of drug-likeness (QED) is 0.922. The van der Waals surface area contributed by atoms with E-state index in [0.29, 0.717) is 0 Å². The van der Waals surface area contributed by atoms with Gasteiger partial charge in [0.25, 0.3) is 5.91 Å². The van der Waals surface area contributed by atoms with E-state index in [0.717, 1.165) is 6.07 Å². The summed E-state index contributed by atoms with van der Waals surface area (Å²) in [7, 11) is 0. The molecule has 2 aromatic rings. The lowest BCUT2D eigenvalue weighted by atomic mass is 9.99. The molecule has 0 atom stereocenters. The number of pyridine rings is 1. The first-order valence-electron chi connectivity index (χ1n) is 5.42. The summed E-state index contributed by atoms with van der Waals surface area (Å²) < 4.78 is 39.0. The van der Waals surface area contributed by atoms with Gasteiger partial charge < -0.3 is 5.73 Å². The van der Waals surface area contributed by atoms with Crippen molar-refractivity contribution in [2.45, 2.75) is 6.18 Å². The molecule has 104 valence electrons. The Bertz CT molecular complexity index is 671. The number of primary amides is 1. The Balaban J connectivity index is 2.69. The molecule has 0 aliphatic rings. The van der Waals surface area contributed by atoms with Gasteiger partial charge in [-0.3, -0.25) is 9.78 Å². The molecule has 0 radical (unpaired) electrons. The molecule has 0 aliphatic carbocycles. The molecule has 2 N–H and O–H groups in total. The largest absolute Gasteiger partial charge is 0.417 e. The van der Waals surface area contributed by atoms with Gasteiger partial charge >= 0.3 is 6.18 Å². The Morgan fingerprint density at radius 2 is 1.95 bits per heavy atom.